The average Bonchev–Trinajstić information content (AvgIpc) is 3.47. The van der Waals surface area contributed by atoms with Gasteiger partial charge in [-0.1, -0.05) is 308 Å². The van der Waals surface area contributed by atoms with Gasteiger partial charge in [-0.25, -0.2) is 0 Å². The smallest absolute Gasteiger partial charge is 0.306 e. The molecular weight excluding hydrogens is 991 g/mol. The van der Waals surface area contributed by atoms with Crippen LogP contribution >= 0.6 is 0 Å². The molecular formula is C68H127NO10. The monoisotopic (exact) mass is 1120 g/mol. The number of carbonyl (C=O) groups is 2. The summed E-state index contributed by atoms with van der Waals surface area (Å²) in [6, 6.07) is -1.03. The Bertz CT molecular complexity index is 1420. The summed E-state index contributed by atoms with van der Waals surface area (Å²) in [4.78, 5) is 26.5. The summed E-state index contributed by atoms with van der Waals surface area (Å²) in [5.74, 6) is -1.25. The molecule has 0 aromatic carbocycles. The third-order valence-electron chi connectivity index (χ3n) is 16.1. The van der Waals surface area contributed by atoms with Crippen molar-refractivity contribution in [1.82, 2.24) is 5.32 Å². The molecule has 0 radical (unpaired) electrons. The van der Waals surface area contributed by atoms with Gasteiger partial charge in [-0.2, -0.15) is 0 Å². The van der Waals surface area contributed by atoms with Crippen molar-refractivity contribution < 1.29 is 49.3 Å². The van der Waals surface area contributed by atoms with Crippen LogP contribution in [0.2, 0.25) is 0 Å². The summed E-state index contributed by atoms with van der Waals surface area (Å²) in [6.45, 7) is 5.77. The Labute approximate surface area is 485 Å². The van der Waals surface area contributed by atoms with E-state index in [1.54, 1.807) is 6.08 Å². The molecule has 1 rings (SSSR count). The van der Waals surface area contributed by atoms with Crippen LogP contribution in [0.1, 0.15) is 323 Å². The minimum atomic E-state index is -1.63. The van der Waals surface area contributed by atoms with Crippen molar-refractivity contribution in [1.29, 1.82) is 0 Å². The van der Waals surface area contributed by atoms with Crippen LogP contribution in [0.5, 0.6) is 0 Å². The van der Waals surface area contributed by atoms with Crippen LogP contribution in [-0.4, -0.2) is 99.6 Å². The Morgan fingerprint density at radius 1 is 0.494 bits per heavy atom. The molecule has 0 aromatic rings. The first-order chi connectivity index (χ1) is 38.7. The molecule has 11 nitrogen and oxygen atoms in total. The summed E-state index contributed by atoms with van der Waals surface area (Å²) in [7, 11) is 0. The second-order valence-corrected chi connectivity index (χ2v) is 23.6. The topological polar surface area (TPSA) is 175 Å². The lowest BCUT2D eigenvalue weighted by atomic mass is 9.99. The van der Waals surface area contributed by atoms with Crippen molar-refractivity contribution in [3.05, 3.63) is 36.5 Å². The summed E-state index contributed by atoms with van der Waals surface area (Å²) in [6.07, 6.45) is 58.0. The third kappa shape index (κ3) is 44.1. The molecule has 0 aliphatic carbocycles. The predicted octanol–water partition coefficient (Wildman–Crippen LogP) is 16.6. The molecule has 1 saturated heterocycles. The SMILES string of the molecule is CCCCCCCC/C=C\C/C=C/CCC(=O)OC1C(OCC(NC(=O)C(O)CCCCCCCCCCCCCCCCCCCCCCCCCCCC)C(O)/C=C/CCCCCCCCCCC)OC(CO)C(O)C1O. The predicted molar refractivity (Wildman–Crippen MR) is 329 cm³/mol. The fourth-order valence-corrected chi connectivity index (χ4v) is 10.7. The van der Waals surface area contributed by atoms with E-state index in [9.17, 15) is 35.1 Å². The fraction of sp³-hybridized carbons (Fsp3) is 0.882. The molecule has 1 amide bonds. The molecule has 1 aliphatic heterocycles. The van der Waals surface area contributed by atoms with Gasteiger partial charge in [-0.15, -0.1) is 0 Å². The van der Waals surface area contributed by atoms with Crippen LogP contribution in [0.4, 0.5) is 0 Å². The number of unbranched alkanes of at least 4 members (excludes halogenated alkanes) is 40. The minimum absolute atomic E-state index is 0.0200. The third-order valence-corrected chi connectivity index (χ3v) is 16.1. The number of aliphatic hydroxyl groups excluding tert-OH is 5. The van der Waals surface area contributed by atoms with Crippen molar-refractivity contribution >= 4 is 11.9 Å². The Balaban J connectivity index is 2.55. The van der Waals surface area contributed by atoms with Gasteiger partial charge >= 0.3 is 5.97 Å². The molecule has 79 heavy (non-hydrogen) atoms. The van der Waals surface area contributed by atoms with Crippen molar-refractivity contribution in [2.24, 2.45) is 0 Å². The second kappa shape index (κ2) is 56.4. The Morgan fingerprint density at radius 3 is 1.29 bits per heavy atom. The number of allylic oxidation sites excluding steroid dienone is 5. The van der Waals surface area contributed by atoms with Crippen LogP contribution in [0.25, 0.3) is 0 Å². The number of nitrogens with one attached hydrogen (secondary N) is 1. The van der Waals surface area contributed by atoms with Gasteiger partial charge in [0.1, 0.15) is 24.4 Å². The zero-order chi connectivity index (χ0) is 57.5. The molecule has 0 spiro atoms. The molecule has 0 aromatic heterocycles. The van der Waals surface area contributed by atoms with Gasteiger partial charge in [-0.05, 0) is 44.9 Å². The zero-order valence-electron chi connectivity index (χ0n) is 51.5. The lowest BCUT2D eigenvalue weighted by molar-refractivity contribution is -0.305. The first-order valence-corrected chi connectivity index (χ1v) is 33.8. The highest BCUT2D eigenvalue weighted by atomic mass is 16.7. The van der Waals surface area contributed by atoms with E-state index in [2.05, 4.69) is 38.2 Å². The number of hydrogen-bond donors (Lipinski definition) is 6. The Morgan fingerprint density at radius 2 is 0.873 bits per heavy atom. The number of esters is 1. The van der Waals surface area contributed by atoms with Gasteiger partial charge in [0.2, 0.25) is 5.91 Å². The zero-order valence-corrected chi connectivity index (χ0v) is 51.5. The molecule has 8 atom stereocenters. The molecule has 8 unspecified atom stereocenters. The van der Waals surface area contributed by atoms with Gasteiger partial charge in [0.15, 0.2) is 12.4 Å². The number of carbonyl (C=O) groups excluding carboxylic acids is 2. The first-order valence-electron chi connectivity index (χ1n) is 33.8. The quantitative estimate of drug-likeness (QED) is 0.0195. The van der Waals surface area contributed by atoms with Crippen LogP contribution in [0.15, 0.2) is 36.5 Å². The van der Waals surface area contributed by atoms with Crippen molar-refractivity contribution in [3.8, 4) is 0 Å². The van der Waals surface area contributed by atoms with E-state index in [1.807, 2.05) is 18.2 Å². The van der Waals surface area contributed by atoms with Crippen LogP contribution in [0.3, 0.4) is 0 Å². The van der Waals surface area contributed by atoms with Crippen molar-refractivity contribution in [3.63, 3.8) is 0 Å². The maximum Gasteiger partial charge on any atom is 0.306 e. The molecule has 1 aliphatic rings. The second-order valence-electron chi connectivity index (χ2n) is 23.6. The van der Waals surface area contributed by atoms with Crippen LogP contribution in [-0.2, 0) is 23.8 Å². The van der Waals surface area contributed by atoms with Gasteiger partial charge in [0, 0.05) is 6.42 Å². The molecule has 464 valence electrons. The number of hydrogen-bond acceptors (Lipinski definition) is 10. The number of ether oxygens (including phenoxy) is 3. The van der Waals surface area contributed by atoms with Crippen molar-refractivity contribution in [2.45, 2.75) is 372 Å². The summed E-state index contributed by atoms with van der Waals surface area (Å²) < 4.78 is 17.5. The summed E-state index contributed by atoms with van der Waals surface area (Å²) in [5, 5.41) is 57.0. The highest BCUT2D eigenvalue weighted by molar-refractivity contribution is 5.80. The number of amides is 1. The molecule has 11 heteroatoms. The van der Waals surface area contributed by atoms with Gasteiger partial charge in [-0.3, -0.25) is 9.59 Å². The number of aliphatic hydroxyl groups is 5. The lowest BCUT2D eigenvalue weighted by Crippen LogP contribution is -2.61. The fourth-order valence-electron chi connectivity index (χ4n) is 10.7. The van der Waals surface area contributed by atoms with E-state index < -0.39 is 67.4 Å². The van der Waals surface area contributed by atoms with E-state index in [4.69, 9.17) is 14.2 Å². The van der Waals surface area contributed by atoms with E-state index in [0.29, 0.717) is 19.3 Å². The largest absolute Gasteiger partial charge is 0.454 e. The first kappa shape index (κ1) is 74.9. The van der Waals surface area contributed by atoms with Crippen LogP contribution < -0.4 is 5.32 Å². The lowest BCUT2D eigenvalue weighted by Gasteiger charge is -2.41. The van der Waals surface area contributed by atoms with E-state index >= 15 is 0 Å². The minimum Gasteiger partial charge on any atom is -0.454 e. The average molecular weight is 1120 g/mol. The highest BCUT2D eigenvalue weighted by Crippen LogP contribution is 2.26. The molecule has 1 heterocycles. The van der Waals surface area contributed by atoms with Gasteiger partial charge in [0.05, 0.1) is 25.4 Å². The van der Waals surface area contributed by atoms with E-state index in [-0.39, 0.29) is 13.0 Å². The maximum absolute atomic E-state index is 13.4. The molecule has 1 fully saturated rings. The maximum atomic E-state index is 13.4. The molecule has 6 N–H and O–H groups in total. The van der Waals surface area contributed by atoms with E-state index in [1.165, 1.54) is 225 Å². The molecule has 0 bridgehead atoms. The number of rotatable bonds is 58. The Kier molecular flexibility index (Phi) is 53.4. The Hall–Kier alpha value is -2.12. The molecule has 0 saturated carbocycles. The van der Waals surface area contributed by atoms with Crippen molar-refractivity contribution in [2.75, 3.05) is 13.2 Å². The summed E-state index contributed by atoms with van der Waals surface area (Å²) in [5.41, 5.74) is 0. The normalized spacial score (nSPS) is 19.0. The van der Waals surface area contributed by atoms with Gasteiger partial charge in [0.25, 0.3) is 0 Å². The van der Waals surface area contributed by atoms with E-state index in [0.717, 1.165) is 51.4 Å². The standard InChI is InChI=1S/C68H127NO10/c1-4-7-10-13-16-19-22-24-25-26-27-28-29-30-31-32-33-34-35-36-38-40-43-46-49-52-55-61(72)67(76)69-59(60(71)54-51-48-45-42-39-21-18-15-12-9-6-3)58-77-68-66(65(75)64(74)62(57-70)78-68)79-63(73)56-53-50-47-44-41-37-23-20-17-14-11-8-5-2/h37,41,47,50-51,54,59-62,64-66,68,70-72,74-75H,4-36,38-40,42-46,48-49,52-53,55-58H2,1-3H3,(H,69,76)/b41-37-,50-47+,54-51+. The van der Waals surface area contributed by atoms with Gasteiger partial charge < -0.3 is 45.1 Å². The summed E-state index contributed by atoms with van der Waals surface area (Å²) >= 11 is 0. The van der Waals surface area contributed by atoms with Crippen LogP contribution in [0, 0.1) is 0 Å². The highest BCUT2D eigenvalue weighted by Gasteiger charge is 2.47.